The molecule has 6 nitrogen and oxygen atoms in total. The highest BCUT2D eigenvalue weighted by atomic mass is 127. The topological polar surface area (TPSA) is 58.1 Å². The second-order valence-corrected chi connectivity index (χ2v) is 9.67. The highest BCUT2D eigenvalue weighted by Crippen LogP contribution is 2.52. The Kier molecular flexibility index (Phi) is 8.65. The smallest absolute Gasteiger partial charge is 0.191 e. The molecule has 32 heavy (non-hydrogen) atoms. The molecule has 180 valence electrons. The first-order chi connectivity index (χ1) is 14.9. The Bertz CT molecular complexity index is 798. The third-order valence-electron chi connectivity index (χ3n) is 7.26. The van der Waals surface area contributed by atoms with Crippen LogP contribution >= 0.6 is 24.0 Å². The van der Waals surface area contributed by atoms with Gasteiger partial charge in [0.05, 0.1) is 13.2 Å². The van der Waals surface area contributed by atoms with Crippen molar-refractivity contribution in [2.24, 2.45) is 16.3 Å². The van der Waals surface area contributed by atoms with Crippen LogP contribution in [0.2, 0.25) is 0 Å². The minimum atomic E-state index is -0.295. The van der Waals surface area contributed by atoms with E-state index >= 15 is 0 Å². The van der Waals surface area contributed by atoms with Crippen LogP contribution in [0.4, 0.5) is 4.39 Å². The number of hydrogen-bond acceptors (Lipinski definition) is 4. The van der Waals surface area contributed by atoms with Crippen molar-refractivity contribution in [1.82, 2.24) is 15.5 Å². The monoisotopic (exact) mass is 560 g/mol. The van der Waals surface area contributed by atoms with Crippen molar-refractivity contribution in [2.45, 2.75) is 64.8 Å². The summed E-state index contributed by atoms with van der Waals surface area (Å²) in [5, 5.41) is 7.40. The van der Waals surface area contributed by atoms with Crippen molar-refractivity contribution in [3.05, 3.63) is 29.6 Å². The van der Waals surface area contributed by atoms with Gasteiger partial charge in [0.1, 0.15) is 0 Å². The van der Waals surface area contributed by atoms with Crippen LogP contribution in [0, 0.1) is 17.2 Å². The van der Waals surface area contributed by atoms with Gasteiger partial charge < -0.3 is 20.1 Å². The number of ether oxygens (including phenoxy) is 2. The summed E-state index contributed by atoms with van der Waals surface area (Å²) in [7, 11) is 1.49. The third kappa shape index (κ3) is 5.33. The molecule has 2 aliphatic heterocycles. The van der Waals surface area contributed by atoms with Gasteiger partial charge in [0.2, 0.25) is 0 Å². The van der Waals surface area contributed by atoms with Crippen LogP contribution in [0.3, 0.4) is 0 Å². The molecule has 0 aromatic heterocycles. The molecular weight excluding hydrogens is 522 g/mol. The molecule has 2 saturated heterocycles. The number of likely N-dealkylation sites (tertiary alicyclic amines) is 1. The molecule has 1 aromatic carbocycles. The quantitative estimate of drug-likeness (QED) is 0.315. The minimum absolute atomic E-state index is 0. The van der Waals surface area contributed by atoms with Gasteiger partial charge in [-0.1, -0.05) is 19.9 Å². The SMILES string of the molecule is CCN=C(NC1CCN(Cc2ccc(OC)c(F)c2)CC1)NC1C2CCOC2C1(C)C.I. The largest absolute Gasteiger partial charge is 0.494 e. The van der Waals surface area contributed by atoms with Gasteiger partial charge in [-0.05, 0) is 43.9 Å². The molecular formula is C24H38FIN4O2. The normalized spacial score (nSPS) is 27.8. The van der Waals surface area contributed by atoms with E-state index in [4.69, 9.17) is 14.5 Å². The molecule has 4 rings (SSSR count). The first-order valence-corrected chi connectivity index (χ1v) is 11.7. The molecule has 2 N–H and O–H groups in total. The molecule has 3 fully saturated rings. The van der Waals surface area contributed by atoms with E-state index in [1.54, 1.807) is 12.1 Å². The van der Waals surface area contributed by atoms with Crippen molar-refractivity contribution >= 4 is 29.9 Å². The molecule has 1 aliphatic carbocycles. The molecule has 0 spiro atoms. The van der Waals surface area contributed by atoms with E-state index in [2.05, 4.69) is 36.3 Å². The maximum absolute atomic E-state index is 14.0. The maximum Gasteiger partial charge on any atom is 0.191 e. The Morgan fingerprint density at radius 2 is 2.00 bits per heavy atom. The summed E-state index contributed by atoms with van der Waals surface area (Å²) in [6.45, 7) is 11.0. The molecule has 1 aromatic rings. The molecule has 0 amide bonds. The van der Waals surface area contributed by atoms with Crippen LogP contribution in [-0.4, -0.2) is 62.4 Å². The summed E-state index contributed by atoms with van der Waals surface area (Å²) in [5.74, 6) is 1.52. The number of rotatable bonds is 6. The van der Waals surface area contributed by atoms with Crippen molar-refractivity contribution < 1.29 is 13.9 Å². The van der Waals surface area contributed by atoms with Crippen molar-refractivity contribution in [1.29, 1.82) is 0 Å². The van der Waals surface area contributed by atoms with E-state index in [9.17, 15) is 4.39 Å². The number of benzene rings is 1. The molecule has 3 aliphatic rings. The average Bonchev–Trinajstić information content (AvgIpc) is 3.21. The van der Waals surface area contributed by atoms with Gasteiger partial charge in [-0.3, -0.25) is 9.89 Å². The van der Waals surface area contributed by atoms with E-state index in [-0.39, 0.29) is 35.2 Å². The van der Waals surface area contributed by atoms with Gasteiger partial charge in [-0.2, -0.15) is 0 Å². The summed E-state index contributed by atoms with van der Waals surface area (Å²) < 4.78 is 24.9. The Balaban J connectivity index is 0.00000289. The minimum Gasteiger partial charge on any atom is -0.494 e. The van der Waals surface area contributed by atoms with Gasteiger partial charge in [0.25, 0.3) is 0 Å². The van der Waals surface area contributed by atoms with Crippen LogP contribution in [0.25, 0.3) is 0 Å². The lowest BCUT2D eigenvalue weighted by Crippen LogP contribution is -2.68. The van der Waals surface area contributed by atoms with Crippen molar-refractivity contribution in [3.8, 4) is 5.75 Å². The number of halogens is 2. The predicted molar refractivity (Wildman–Crippen MR) is 136 cm³/mol. The maximum atomic E-state index is 14.0. The average molecular weight is 560 g/mol. The zero-order valence-electron chi connectivity index (χ0n) is 19.7. The van der Waals surface area contributed by atoms with Gasteiger partial charge in [0.15, 0.2) is 17.5 Å². The molecule has 3 atom stereocenters. The number of fused-ring (bicyclic) bond motifs is 1. The zero-order valence-corrected chi connectivity index (χ0v) is 22.0. The summed E-state index contributed by atoms with van der Waals surface area (Å²) in [5.41, 5.74) is 1.12. The number of guanidine groups is 1. The van der Waals surface area contributed by atoms with E-state index in [0.717, 1.165) is 63.6 Å². The van der Waals surface area contributed by atoms with Crippen LogP contribution in [0.5, 0.6) is 5.75 Å². The molecule has 8 heteroatoms. The lowest BCUT2D eigenvalue weighted by Gasteiger charge is -2.55. The van der Waals surface area contributed by atoms with E-state index in [1.165, 1.54) is 7.11 Å². The van der Waals surface area contributed by atoms with Gasteiger partial charge in [0, 0.05) is 56.2 Å². The number of nitrogens with zero attached hydrogens (tertiary/aromatic N) is 2. The molecule has 1 saturated carbocycles. The Labute approximate surface area is 208 Å². The lowest BCUT2D eigenvalue weighted by molar-refractivity contribution is -0.106. The molecule has 0 bridgehead atoms. The summed E-state index contributed by atoms with van der Waals surface area (Å²) in [6.07, 6.45) is 3.60. The van der Waals surface area contributed by atoms with E-state index < -0.39 is 0 Å². The number of hydrogen-bond donors (Lipinski definition) is 2. The fourth-order valence-electron chi connectivity index (χ4n) is 5.55. The summed E-state index contributed by atoms with van der Waals surface area (Å²) >= 11 is 0. The van der Waals surface area contributed by atoms with Gasteiger partial charge in [-0.25, -0.2) is 4.39 Å². The molecule has 2 heterocycles. The highest BCUT2D eigenvalue weighted by Gasteiger charge is 2.59. The van der Waals surface area contributed by atoms with Crippen LogP contribution < -0.4 is 15.4 Å². The van der Waals surface area contributed by atoms with E-state index in [1.807, 2.05) is 6.07 Å². The Morgan fingerprint density at radius 1 is 1.25 bits per heavy atom. The highest BCUT2D eigenvalue weighted by molar-refractivity contribution is 14.0. The first-order valence-electron chi connectivity index (χ1n) is 11.7. The number of piperidine rings is 1. The Morgan fingerprint density at radius 3 is 2.66 bits per heavy atom. The van der Waals surface area contributed by atoms with Gasteiger partial charge in [-0.15, -0.1) is 24.0 Å². The Hall–Kier alpha value is -1.13. The van der Waals surface area contributed by atoms with Crippen LogP contribution in [0.15, 0.2) is 23.2 Å². The fourth-order valence-corrected chi connectivity index (χ4v) is 5.55. The van der Waals surface area contributed by atoms with Crippen molar-refractivity contribution in [2.75, 3.05) is 33.4 Å². The summed E-state index contributed by atoms with van der Waals surface area (Å²) in [6, 6.07) is 6.05. The molecule has 3 unspecified atom stereocenters. The van der Waals surface area contributed by atoms with Crippen molar-refractivity contribution in [3.63, 3.8) is 0 Å². The molecule has 0 radical (unpaired) electrons. The number of aliphatic imine (C=N–C) groups is 1. The zero-order chi connectivity index (χ0) is 22.0. The number of nitrogens with one attached hydrogen (secondary N) is 2. The number of methoxy groups -OCH3 is 1. The standard InChI is InChI=1S/C24H37FN4O2.HI/c1-5-26-23(28-21-18-10-13-31-22(18)24(21,2)3)27-17-8-11-29(12-9-17)15-16-6-7-20(30-4)19(25)14-16;/h6-7,14,17-18,21-22H,5,8-13,15H2,1-4H3,(H2,26,27,28);1H. The van der Waals surface area contributed by atoms with Crippen LogP contribution in [-0.2, 0) is 11.3 Å². The van der Waals surface area contributed by atoms with E-state index in [0.29, 0.717) is 29.9 Å². The third-order valence-corrected chi connectivity index (χ3v) is 7.26. The first kappa shape index (κ1) is 25.5. The van der Waals surface area contributed by atoms with Crippen LogP contribution in [0.1, 0.15) is 45.6 Å². The second kappa shape index (κ2) is 10.9. The van der Waals surface area contributed by atoms with Gasteiger partial charge >= 0.3 is 0 Å². The summed E-state index contributed by atoms with van der Waals surface area (Å²) in [4.78, 5) is 7.11. The fraction of sp³-hybridized carbons (Fsp3) is 0.708. The second-order valence-electron chi connectivity index (χ2n) is 9.67. The predicted octanol–water partition coefficient (Wildman–Crippen LogP) is 3.79. The lowest BCUT2D eigenvalue weighted by atomic mass is 9.57.